The third kappa shape index (κ3) is 2.33. The van der Waals surface area contributed by atoms with Gasteiger partial charge >= 0.3 is 6.09 Å². The van der Waals surface area contributed by atoms with Crippen LogP contribution in [0.3, 0.4) is 0 Å². The van der Waals surface area contributed by atoms with Crippen LogP contribution in [0.25, 0.3) is 5.78 Å². The number of amides is 1. The van der Waals surface area contributed by atoms with Crippen molar-refractivity contribution in [1.29, 1.82) is 0 Å². The molecule has 0 N–H and O–H groups in total. The monoisotopic (exact) mass is 274 g/mol. The number of hydrogen-bond acceptors (Lipinski definition) is 4. The lowest BCUT2D eigenvalue weighted by Crippen LogP contribution is -2.40. The molecule has 0 fully saturated rings. The molecule has 0 unspecified atom stereocenters. The van der Waals surface area contributed by atoms with E-state index in [-0.39, 0.29) is 6.09 Å². The molecule has 20 heavy (non-hydrogen) atoms. The molecule has 0 bridgehead atoms. The van der Waals surface area contributed by atoms with E-state index in [1.807, 2.05) is 37.4 Å². The molecule has 2 aromatic heterocycles. The highest BCUT2D eigenvalue weighted by Gasteiger charge is 2.28. The van der Waals surface area contributed by atoms with Crippen molar-refractivity contribution >= 4 is 11.9 Å². The van der Waals surface area contributed by atoms with Crippen molar-refractivity contribution in [2.45, 2.75) is 39.3 Å². The van der Waals surface area contributed by atoms with Crippen molar-refractivity contribution < 1.29 is 9.53 Å². The molecule has 0 spiro atoms. The normalized spacial score (nSPS) is 15.2. The van der Waals surface area contributed by atoms with Gasteiger partial charge in [0.25, 0.3) is 0 Å². The van der Waals surface area contributed by atoms with Gasteiger partial charge in [-0.3, -0.25) is 4.40 Å². The molecule has 0 saturated carbocycles. The smallest absolute Gasteiger partial charge is 0.410 e. The van der Waals surface area contributed by atoms with Gasteiger partial charge in [0.05, 0.1) is 17.9 Å². The quantitative estimate of drug-likeness (QED) is 0.737. The van der Waals surface area contributed by atoms with Crippen molar-refractivity contribution in [1.82, 2.24) is 19.3 Å². The maximum atomic E-state index is 12.1. The maximum absolute atomic E-state index is 12.1. The molecule has 3 heterocycles. The molecule has 0 aliphatic carbocycles. The zero-order valence-corrected chi connectivity index (χ0v) is 12.0. The molecule has 0 aromatic carbocycles. The van der Waals surface area contributed by atoms with E-state index in [9.17, 15) is 4.79 Å². The molecule has 3 rings (SSSR count). The van der Waals surface area contributed by atoms with Gasteiger partial charge in [-0.1, -0.05) is 0 Å². The van der Waals surface area contributed by atoms with Crippen molar-refractivity contribution in [2.75, 3.05) is 6.54 Å². The SMILES string of the molecule is CC(C)(C)OC(=O)N1CCc2nc3ncccn3c2C1. The van der Waals surface area contributed by atoms with E-state index in [2.05, 4.69) is 9.97 Å². The average molecular weight is 274 g/mol. The summed E-state index contributed by atoms with van der Waals surface area (Å²) in [7, 11) is 0. The summed E-state index contributed by atoms with van der Waals surface area (Å²) < 4.78 is 7.36. The van der Waals surface area contributed by atoms with Crippen LogP contribution in [-0.2, 0) is 17.7 Å². The fraction of sp³-hybridized carbons (Fsp3) is 0.500. The standard InChI is InChI=1S/C14H18N4O2/c1-14(2,3)20-13(19)17-8-5-10-11(9-17)18-7-4-6-15-12(18)16-10/h4,6-7H,5,8-9H2,1-3H3. The van der Waals surface area contributed by atoms with Crippen molar-refractivity contribution in [3.63, 3.8) is 0 Å². The van der Waals surface area contributed by atoms with Gasteiger partial charge < -0.3 is 9.64 Å². The van der Waals surface area contributed by atoms with Crippen LogP contribution < -0.4 is 0 Å². The first-order chi connectivity index (χ1) is 9.44. The van der Waals surface area contributed by atoms with Crippen molar-refractivity contribution in [3.8, 4) is 0 Å². The Labute approximate surface area is 117 Å². The number of aromatic nitrogens is 3. The van der Waals surface area contributed by atoms with Gasteiger partial charge in [0.1, 0.15) is 5.60 Å². The predicted molar refractivity (Wildman–Crippen MR) is 73.3 cm³/mol. The molecule has 1 aliphatic rings. The molecular weight excluding hydrogens is 256 g/mol. The van der Waals surface area contributed by atoms with Gasteiger partial charge in [-0.15, -0.1) is 0 Å². The van der Waals surface area contributed by atoms with E-state index in [4.69, 9.17) is 4.74 Å². The number of fused-ring (bicyclic) bond motifs is 3. The molecule has 0 saturated heterocycles. The Morgan fingerprint density at radius 1 is 1.40 bits per heavy atom. The first-order valence-corrected chi connectivity index (χ1v) is 6.73. The van der Waals surface area contributed by atoms with Crippen LogP contribution in [0, 0.1) is 0 Å². The molecule has 0 atom stereocenters. The van der Waals surface area contributed by atoms with Crippen LogP contribution in [0.2, 0.25) is 0 Å². The molecule has 6 heteroatoms. The minimum atomic E-state index is -0.474. The van der Waals surface area contributed by atoms with Gasteiger partial charge in [0, 0.05) is 25.4 Å². The fourth-order valence-corrected chi connectivity index (χ4v) is 2.33. The second kappa shape index (κ2) is 4.47. The van der Waals surface area contributed by atoms with E-state index in [0.717, 1.165) is 17.8 Å². The minimum absolute atomic E-state index is 0.276. The Hall–Kier alpha value is -2.11. The molecule has 1 aliphatic heterocycles. The van der Waals surface area contributed by atoms with E-state index in [0.29, 0.717) is 18.9 Å². The summed E-state index contributed by atoms with van der Waals surface area (Å²) in [6.07, 6.45) is 4.10. The lowest BCUT2D eigenvalue weighted by Gasteiger charge is -2.29. The molecule has 106 valence electrons. The second-order valence-corrected chi connectivity index (χ2v) is 5.95. The molecule has 2 aromatic rings. The average Bonchev–Trinajstić information content (AvgIpc) is 2.74. The second-order valence-electron chi connectivity index (χ2n) is 5.95. The maximum Gasteiger partial charge on any atom is 0.410 e. The van der Waals surface area contributed by atoms with Gasteiger partial charge in [-0.25, -0.2) is 14.8 Å². The summed E-state index contributed by atoms with van der Waals surface area (Å²) in [6, 6.07) is 1.86. The lowest BCUT2D eigenvalue weighted by atomic mass is 10.1. The third-order valence-corrected chi connectivity index (χ3v) is 3.20. The first kappa shape index (κ1) is 12.9. The summed E-state index contributed by atoms with van der Waals surface area (Å²) in [5.74, 6) is 0.684. The van der Waals surface area contributed by atoms with Gasteiger partial charge in [0.15, 0.2) is 0 Å². The lowest BCUT2D eigenvalue weighted by molar-refractivity contribution is 0.0220. The molecular formula is C14H18N4O2. The summed E-state index contributed by atoms with van der Waals surface area (Å²) in [5.41, 5.74) is 1.56. The van der Waals surface area contributed by atoms with Gasteiger partial charge in [-0.2, -0.15) is 0 Å². The Morgan fingerprint density at radius 3 is 2.95 bits per heavy atom. The summed E-state index contributed by atoms with van der Waals surface area (Å²) in [5, 5.41) is 0. The zero-order chi connectivity index (χ0) is 14.3. The number of hydrogen-bond donors (Lipinski definition) is 0. The number of carbonyl (C=O) groups is 1. The minimum Gasteiger partial charge on any atom is -0.444 e. The molecule has 0 radical (unpaired) electrons. The van der Waals surface area contributed by atoms with Crippen LogP contribution in [0.15, 0.2) is 18.5 Å². The Morgan fingerprint density at radius 2 is 2.20 bits per heavy atom. The number of carbonyl (C=O) groups excluding carboxylic acids is 1. The van der Waals surface area contributed by atoms with Crippen molar-refractivity contribution in [3.05, 3.63) is 29.8 Å². The Balaban J connectivity index is 1.86. The number of rotatable bonds is 0. The Bertz CT molecular complexity index is 657. The van der Waals surface area contributed by atoms with Gasteiger partial charge in [-0.05, 0) is 26.8 Å². The van der Waals surface area contributed by atoms with Crippen LogP contribution in [0.5, 0.6) is 0 Å². The highest BCUT2D eigenvalue weighted by Crippen LogP contribution is 2.21. The highest BCUT2D eigenvalue weighted by molar-refractivity contribution is 5.68. The van der Waals surface area contributed by atoms with E-state index >= 15 is 0 Å². The first-order valence-electron chi connectivity index (χ1n) is 6.73. The molecule has 1 amide bonds. The number of imidazole rings is 1. The molecule has 6 nitrogen and oxygen atoms in total. The fourth-order valence-electron chi connectivity index (χ4n) is 2.33. The van der Waals surface area contributed by atoms with Crippen molar-refractivity contribution in [2.24, 2.45) is 0 Å². The van der Waals surface area contributed by atoms with Crippen LogP contribution in [0.1, 0.15) is 32.2 Å². The van der Waals surface area contributed by atoms with Crippen LogP contribution in [-0.4, -0.2) is 37.5 Å². The topological polar surface area (TPSA) is 59.7 Å². The third-order valence-electron chi connectivity index (χ3n) is 3.20. The summed E-state index contributed by atoms with van der Waals surface area (Å²) >= 11 is 0. The number of nitrogens with zero attached hydrogens (tertiary/aromatic N) is 4. The van der Waals surface area contributed by atoms with E-state index in [1.54, 1.807) is 11.1 Å². The highest BCUT2D eigenvalue weighted by atomic mass is 16.6. The Kier molecular flexibility index (Phi) is 2.88. The zero-order valence-electron chi connectivity index (χ0n) is 12.0. The van der Waals surface area contributed by atoms with E-state index < -0.39 is 5.60 Å². The largest absolute Gasteiger partial charge is 0.444 e. The predicted octanol–water partition coefficient (Wildman–Crippen LogP) is 2.02. The van der Waals surface area contributed by atoms with Crippen LogP contribution >= 0.6 is 0 Å². The van der Waals surface area contributed by atoms with Gasteiger partial charge in [0.2, 0.25) is 5.78 Å². The van der Waals surface area contributed by atoms with E-state index in [1.165, 1.54) is 0 Å². The number of ether oxygens (including phenoxy) is 1. The summed E-state index contributed by atoms with van der Waals surface area (Å²) in [4.78, 5) is 22.6. The summed E-state index contributed by atoms with van der Waals surface area (Å²) in [6.45, 7) is 6.76. The van der Waals surface area contributed by atoms with Crippen LogP contribution in [0.4, 0.5) is 4.79 Å².